The first-order chi connectivity index (χ1) is 13.5. The Morgan fingerprint density at radius 1 is 1.24 bits per heavy atom. The Bertz CT molecular complexity index is 1010. The molecule has 2 rings (SSSR count). The smallest absolute Gasteiger partial charge is 0.248 e. The highest BCUT2D eigenvalue weighted by molar-refractivity contribution is 7.92. The molecule has 158 valence electrons. The molecule has 0 saturated heterocycles. The lowest BCUT2D eigenvalue weighted by molar-refractivity contribution is -0.117. The predicted octanol–water partition coefficient (Wildman–Crippen LogP) is 5.09. The van der Waals surface area contributed by atoms with E-state index in [4.69, 9.17) is 11.6 Å². The number of amides is 1. The Kier molecular flexibility index (Phi) is 7.30. The number of nitrogens with zero attached hydrogens (tertiary/aromatic N) is 1. The summed E-state index contributed by atoms with van der Waals surface area (Å²) < 4.78 is 39.6. The van der Waals surface area contributed by atoms with Gasteiger partial charge in [-0.15, -0.1) is 0 Å². The van der Waals surface area contributed by atoms with Gasteiger partial charge in [0.1, 0.15) is 11.9 Å². The number of aryl methyl sites for hydroxylation is 1. The van der Waals surface area contributed by atoms with Crippen LogP contribution in [0, 0.1) is 12.7 Å². The van der Waals surface area contributed by atoms with Gasteiger partial charge in [0, 0.05) is 5.69 Å². The van der Waals surface area contributed by atoms with Crippen molar-refractivity contribution in [3.8, 4) is 0 Å². The zero-order valence-electron chi connectivity index (χ0n) is 17.2. The molecule has 1 N–H and O–H groups in total. The maximum atomic E-state index is 13.6. The van der Waals surface area contributed by atoms with Crippen molar-refractivity contribution in [3.05, 3.63) is 58.4 Å². The van der Waals surface area contributed by atoms with Gasteiger partial charge in [-0.1, -0.05) is 50.6 Å². The Balaban J connectivity index is 2.49. The second-order valence-electron chi connectivity index (χ2n) is 7.26. The average molecular weight is 441 g/mol. The minimum atomic E-state index is -3.84. The minimum Gasteiger partial charge on any atom is -0.324 e. The Morgan fingerprint density at radius 2 is 1.90 bits per heavy atom. The van der Waals surface area contributed by atoms with Gasteiger partial charge in [0.05, 0.1) is 17.0 Å². The van der Waals surface area contributed by atoms with E-state index in [2.05, 4.69) is 5.32 Å². The van der Waals surface area contributed by atoms with Crippen LogP contribution in [0.25, 0.3) is 0 Å². The number of carbonyl (C=O) groups is 1. The number of halogens is 2. The lowest BCUT2D eigenvalue weighted by atomic mass is 9.98. The Labute approximate surface area is 176 Å². The molecule has 1 atom stereocenters. The first kappa shape index (κ1) is 23.2. The highest BCUT2D eigenvalue weighted by Gasteiger charge is 2.32. The normalized spacial score (nSPS) is 12.7. The molecular weight excluding hydrogens is 415 g/mol. The van der Waals surface area contributed by atoms with Crippen molar-refractivity contribution in [1.29, 1.82) is 0 Å². The SMILES string of the molecule is CC[C@H](C(=O)Nc1c(C)cccc1C(C)C)N(c1ccc(F)c(Cl)c1)S(C)(=O)=O. The number of carbonyl (C=O) groups excluding carboxylic acids is 1. The zero-order valence-corrected chi connectivity index (χ0v) is 18.7. The van der Waals surface area contributed by atoms with Gasteiger partial charge < -0.3 is 5.32 Å². The molecule has 2 aromatic rings. The molecule has 1 amide bonds. The number of sulfonamides is 1. The predicted molar refractivity (Wildman–Crippen MR) is 117 cm³/mol. The topological polar surface area (TPSA) is 66.5 Å². The first-order valence-electron chi connectivity index (χ1n) is 9.32. The van der Waals surface area contributed by atoms with E-state index in [-0.39, 0.29) is 23.0 Å². The van der Waals surface area contributed by atoms with Crippen LogP contribution in [-0.2, 0) is 14.8 Å². The summed E-state index contributed by atoms with van der Waals surface area (Å²) in [6, 6.07) is 8.30. The third kappa shape index (κ3) is 5.28. The van der Waals surface area contributed by atoms with Crippen LogP contribution in [0.5, 0.6) is 0 Å². The summed E-state index contributed by atoms with van der Waals surface area (Å²) in [5.74, 6) is -0.954. The Hall–Kier alpha value is -2.12. The summed E-state index contributed by atoms with van der Waals surface area (Å²) in [6.07, 6.45) is 1.23. The molecule has 0 aliphatic rings. The third-order valence-corrected chi connectivity index (χ3v) is 6.13. The van der Waals surface area contributed by atoms with Crippen LogP contribution < -0.4 is 9.62 Å². The second kappa shape index (κ2) is 9.13. The van der Waals surface area contributed by atoms with Crippen molar-refractivity contribution < 1.29 is 17.6 Å². The summed E-state index contributed by atoms with van der Waals surface area (Å²) in [5.41, 5.74) is 2.66. The quantitative estimate of drug-likeness (QED) is 0.651. The second-order valence-corrected chi connectivity index (χ2v) is 9.53. The van der Waals surface area contributed by atoms with Crippen LogP contribution in [-0.4, -0.2) is 26.6 Å². The van der Waals surface area contributed by atoms with E-state index >= 15 is 0 Å². The number of hydrogen-bond acceptors (Lipinski definition) is 3. The summed E-state index contributed by atoms with van der Waals surface area (Å²) in [4.78, 5) is 13.2. The summed E-state index contributed by atoms with van der Waals surface area (Å²) >= 11 is 5.84. The fourth-order valence-electron chi connectivity index (χ4n) is 3.23. The maximum Gasteiger partial charge on any atom is 0.248 e. The average Bonchev–Trinajstić information content (AvgIpc) is 2.62. The molecule has 0 fully saturated rings. The lowest BCUT2D eigenvalue weighted by Gasteiger charge is -2.31. The number of para-hydroxylation sites is 1. The molecule has 0 aliphatic carbocycles. The van der Waals surface area contributed by atoms with E-state index in [0.29, 0.717) is 5.69 Å². The number of nitrogens with one attached hydrogen (secondary N) is 1. The van der Waals surface area contributed by atoms with Gasteiger partial charge in [0.25, 0.3) is 0 Å². The molecule has 0 bridgehead atoms. The molecule has 0 heterocycles. The van der Waals surface area contributed by atoms with Crippen molar-refractivity contribution in [2.24, 2.45) is 0 Å². The van der Waals surface area contributed by atoms with Crippen molar-refractivity contribution in [2.45, 2.75) is 46.1 Å². The molecule has 0 radical (unpaired) electrons. The highest BCUT2D eigenvalue weighted by atomic mass is 35.5. The largest absolute Gasteiger partial charge is 0.324 e. The van der Waals surface area contributed by atoms with E-state index in [1.807, 2.05) is 39.0 Å². The van der Waals surface area contributed by atoms with E-state index in [1.165, 1.54) is 12.1 Å². The van der Waals surface area contributed by atoms with Crippen molar-refractivity contribution >= 4 is 38.9 Å². The van der Waals surface area contributed by atoms with E-state index < -0.39 is 27.8 Å². The molecule has 0 aliphatic heterocycles. The number of benzene rings is 2. The van der Waals surface area contributed by atoms with Gasteiger partial charge in [0.2, 0.25) is 15.9 Å². The van der Waals surface area contributed by atoms with Gasteiger partial charge >= 0.3 is 0 Å². The minimum absolute atomic E-state index is 0.134. The van der Waals surface area contributed by atoms with Gasteiger partial charge in [0.15, 0.2) is 0 Å². The summed E-state index contributed by atoms with van der Waals surface area (Å²) in [5, 5.41) is 2.69. The Morgan fingerprint density at radius 3 is 2.41 bits per heavy atom. The molecular formula is C21H26ClFN2O3S. The molecule has 0 spiro atoms. The molecule has 0 saturated carbocycles. The van der Waals surface area contributed by atoms with E-state index in [9.17, 15) is 17.6 Å². The van der Waals surface area contributed by atoms with Crippen molar-refractivity contribution in [2.75, 3.05) is 15.9 Å². The van der Waals surface area contributed by atoms with Crippen molar-refractivity contribution in [1.82, 2.24) is 0 Å². The summed E-state index contributed by atoms with van der Waals surface area (Å²) in [7, 11) is -3.84. The molecule has 8 heteroatoms. The standard InChI is InChI=1S/C21H26ClFN2O3S/c1-6-19(21(26)24-20-14(4)8-7-9-16(20)13(2)3)25(29(5,27)28)15-10-11-18(23)17(22)12-15/h7-13,19H,6H2,1-5H3,(H,24,26)/t19-/m1/s1. The molecule has 29 heavy (non-hydrogen) atoms. The van der Waals surface area contributed by atoms with Crippen LogP contribution in [0.15, 0.2) is 36.4 Å². The van der Waals surface area contributed by atoms with Crippen LogP contribution in [0.3, 0.4) is 0 Å². The number of hydrogen-bond donors (Lipinski definition) is 1. The summed E-state index contributed by atoms with van der Waals surface area (Å²) in [6.45, 7) is 7.64. The van der Waals surface area contributed by atoms with Gasteiger partial charge in [-0.05, 0) is 48.6 Å². The first-order valence-corrected chi connectivity index (χ1v) is 11.5. The van der Waals surface area contributed by atoms with E-state index in [0.717, 1.165) is 27.8 Å². The maximum absolute atomic E-state index is 13.6. The molecule has 0 unspecified atom stereocenters. The molecule has 0 aromatic heterocycles. The van der Waals surface area contributed by atoms with Crippen LogP contribution >= 0.6 is 11.6 Å². The number of anilines is 2. The molecule has 2 aromatic carbocycles. The van der Waals surface area contributed by atoms with Crippen LogP contribution in [0.2, 0.25) is 5.02 Å². The van der Waals surface area contributed by atoms with E-state index in [1.54, 1.807) is 6.92 Å². The highest BCUT2D eigenvalue weighted by Crippen LogP contribution is 2.30. The third-order valence-electron chi connectivity index (χ3n) is 4.66. The zero-order chi connectivity index (χ0) is 21.9. The van der Waals surface area contributed by atoms with Crippen LogP contribution in [0.4, 0.5) is 15.8 Å². The van der Waals surface area contributed by atoms with Crippen LogP contribution in [0.1, 0.15) is 44.2 Å². The monoisotopic (exact) mass is 440 g/mol. The lowest BCUT2D eigenvalue weighted by Crippen LogP contribution is -2.47. The number of rotatable bonds is 7. The fraction of sp³-hybridized carbons (Fsp3) is 0.381. The molecule has 5 nitrogen and oxygen atoms in total. The fourth-order valence-corrected chi connectivity index (χ4v) is 4.61. The van der Waals surface area contributed by atoms with Gasteiger partial charge in [-0.25, -0.2) is 12.8 Å². The van der Waals surface area contributed by atoms with Gasteiger partial charge in [-0.3, -0.25) is 9.10 Å². The van der Waals surface area contributed by atoms with Gasteiger partial charge in [-0.2, -0.15) is 0 Å². The van der Waals surface area contributed by atoms with Crippen molar-refractivity contribution in [3.63, 3.8) is 0 Å².